The van der Waals surface area contributed by atoms with E-state index in [1.807, 2.05) is 91.0 Å². The molecule has 0 aliphatic rings. The lowest BCUT2D eigenvalue weighted by Gasteiger charge is -2.21. The van der Waals surface area contributed by atoms with Gasteiger partial charge in [-0.05, 0) is 40.6 Å². The number of halogens is 1. The number of thiazole rings is 1. The summed E-state index contributed by atoms with van der Waals surface area (Å²) in [5, 5.41) is 3.30. The Morgan fingerprint density at radius 3 is 2.53 bits per heavy atom. The minimum absolute atomic E-state index is 0.0687. The van der Waals surface area contributed by atoms with Crippen molar-refractivity contribution < 1.29 is 4.79 Å². The van der Waals surface area contributed by atoms with Crippen molar-refractivity contribution in [1.82, 2.24) is 4.98 Å². The zero-order chi connectivity index (χ0) is 20.5. The molecule has 0 aliphatic heterocycles. The van der Waals surface area contributed by atoms with Gasteiger partial charge in [0.2, 0.25) is 0 Å². The van der Waals surface area contributed by atoms with Crippen molar-refractivity contribution in [3.8, 4) is 0 Å². The first-order valence-electron chi connectivity index (χ1n) is 9.59. The molecule has 5 aromatic rings. The van der Waals surface area contributed by atoms with E-state index in [9.17, 15) is 4.79 Å². The minimum atomic E-state index is -0.0687. The first-order valence-corrected chi connectivity index (χ1v) is 10.8. The first-order chi connectivity index (χ1) is 14.7. The van der Waals surface area contributed by atoms with Crippen molar-refractivity contribution in [1.29, 1.82) is 0 Å². The molecule has 5 rings (SSSR count). The monoisotopic (exact) mass is 428 g/mol. The summed E-state index contributed by atoms with van der Waals surface area (Å²) >= 11 is 7.64. The van der Waals surface area contributed by atoms with Crippen molar-refractivity contribution in [2.24, 2.45) is 0 Å². The van der Waals surface area contributed by atoms with Crippen LogP contribution in [0.5, 0.6) is 0 Å². The van der Waals surface area contributed by atoms with Crippen LogP contribution in [0.15, 0.2) is 91.0 Å². The molecule has 1 aromatic heterocycles. The molecule has 5 heteroatoms. The molecule has 0 spiro atoms. The Morgan fingerprint density at radius 2 is 1.67 bits per heavy atom. The van der Waals surface area contributed by atoms with Gasteiger partial charge in [0, 0.05) is 10.6 Å². The largest absolute Gasteiger partial charge is 0.279 e. The fourth-order valence-electron chi connectivity index (χ4n) is 3.55. The van der Waals surface area contributed by atoms with Gasteiger partial charge in [-0.2, -0.15) is 0 Å². The number of fused-ring (bicyclic) bond motifs is 2. The van der Waals surface area contributed by atoms with Gasteiger partial charge in [-0.15, -0.1) is 0 Å². The van der Waals surface area contributed by atoms with Gasteiger partial charge >= 0.3 is 0 Å². The second-order valence-electron chi connectivity index (χ2n) is 7.01. The molecule has 0 aliphatic carbocycles. The summed E-state index contributed by atoms with van der Waals surface area (Å²) in [6.07, 6.45) is 0. The first kappa shape index (κ1) is 18.8. The summed E-state index contributed by atoms with van der Waals surface area (Å²) in [5.74, 6) is -0.0687. The maximum absolute atomic E-state index is 13.8. The van der Waals surface area contributed by atoms with E-state index >= 15 is 0 Å². The number of benzene rings is 4. The number of carbonyl (C=O) groups excluding carboxylic acids is 1. The van der Waals surface area contributed by atoms with Crippen LogP contribution in [-0.4, -0.2) is 10.9 Å². The molecule has 0 bridgehead atoms. The van der Waals surface area contributed by atoms with E-state index in [0.29, 0.717) is 22.3 Å². The number of aromatic nitrogens is 1. The molecule has 4 aromatic carbocycles. The minimum Gasteiger partial charge on any atom is -0.279 e. The van der Waals surface area contributed by atoms with Crippen molar-refractivity contribution >= 4 is 55.0 Å². The standard InChI is InChI=1S/C25H17ClN2OS/c26-19-13-14-22-23(15-19)30-25(27-22)28(16-17-7-2-1-3-8-17)24(29)21-12-6-10-18-9-4-5-11-20(18)21/h1-15H,16H2. The summed E-state index contributed by atoms with van der Waals surface area (Å²) in [7, 11) is 0. The zero-order valence-corrected chi connectivity index (χ0v) is 17.5. The molecule has 0 saturated heterocycles. The van der Waals surface area contributed by atoms with Crippen molar-refractivity contribution in [2.75, 3.05) is 4.90 Å². The average molecular weight is 429 g/mol. The molecular weight excluding hydrogens is 412 g/mol. The van der Waals surface area contributed by atoms with Crippen molar-refractivity contribution in [2.45, 2.75) is 6.54 Å². The van der Waals surface area contributed by atoms with Crippen LogP contribution in [0, 0.1) is 0 Å². The molecule has 30 heavy (non-hydrogen) atoms. The molecule has 3 nitrogen and oxygen atoms in total. The van der Waals surface area contributed by atoms with E-state index in [2.05, 4.69) is 0 Å². The van der Waals surface area contributed by atoms with Gasteiger partial charge in [0.05, 0.1) is 16.8 Å². The summed E-state index contributed by atoms with van der Waals surface area (Å²) in [6, 6.07) is 29.4. The number of amides is 1. The number of nitrogens with zero attached hydrogens (tertiary/aromatic N) is 2. The van der Waals surface area contributed by atoms with Gasteiger partial charge in [-0.3, -0.25) is 9.69 Å². The predicted molar refractivity (Wildman–Crippen MR) is 126 cm³/mol. The molecule has 0 fully saturated rings. The SMILES string of the molecule is O=C(c1cccc2ccccc12)N(Cc1ccccc1)c1nc2ccc(Cl)cc2s1. The van der Waals surface area contributed by atoms with Crippen LogP contribution < -0.4 is 4.90 Å². The average Bonchev–Trinajstić information content (AvgIpc) is 3.20. The van der Waals surface area contributed by atoms with Crippen molar-refractivity contribution in [3.05, 3.63) is 107 Å². The summed E-state index contributed by atoms with van der Waals surface area (Å²) < 4.78 is 0.960. The summed E-state index contributed by atoms with van der Waals surface area (Å²) in [5.41, 5.74) is 2.55. The van der Waals surface area contributed by atoms with E-state index < -0.39 is 0 Å². The van der Waals surface area contributed by atoms with E-state index in [4.69, 9.17) is 16.6 Å². The number of carbonyl (C=O) groups is 1. The predicted octanol–water partition coefficient (Wildman–Crippen LogP) is 6.95. The highest BCUT2D eigenvalue weighted by atomic mass is 35.5. The lowest BCUT2D eigenvalue weighted by Crippen LogP contribution is -2.30. The Morgan fingerprint density at radius 1 is 0.900 bits per heavy atom. The van der Waals surface area contributed by atoms with Crippen molar-refractivity contribution in [3.63, 3.8) is 0 Å². The zero-order valence-electron chi connectivity index (χ0n) is 16.0. The second kappa shape index (κ2) is 7.90. The molecule has 0 N–H and O–H groups in total. The maximum Gasteiger partial charge on any atom is 0.261 e. The van der Waals surface area contributed by atoms with Gasteiger partial charge < -0.3 is 0 Å². The third kappa shape index (κ3) is 3.56. The molecular formula is C25H17ClN2OS. The molecule has 0 unspecified atom stereocenters. The van der Waals surface area contributed by atoms with Crippen LogP contribution >= 0.6 is 22.9 Å². The highest BCUT2D eigenvalue weighted by molar-refractivity contribution is 7.22. The van der Waals surface area contributed by atoms with Crippen LogP contribution in [0.1, 0.15) is 15.9 Å². The van der Waals surface area contributed by atoms with E-state index in [0.717, 1.165) is 26.6 Å². The van der Waals surface area contributed by atoms with Crippen LogP contribution in [0.3, 0.4) is 0 Å². The second-order valence-corrected chi connectivity index (χ2v) is 8.46. The van der Waals surface area contributed by atoms with Gasteiger partial charge in [-0.25, -0.2) is 4.98 Å². The Kier molecular flexibility index (Phi) is 4.95. The molecule has 0 saturated carbocycles. The third-order valence-electron chi connectivity index (χ3n) is 5.02. The third-order valence-corrected chi connectivity index (χ3v) is 6.30. The summed E-state index contributed by atoms with van der Waals surface area (Å²) in [6.45, 7) is 0.441. The normalized spacial score (nSPS) is 11.1. The molecule has 0 atom stereocenters. The fraction of sp³-hybridized carbons (Fsp3) is 0.0400. The lowest BCUT2D eigenvalue weighted by molar-refractivity contribution is 0.0986. The van der Waals surface area contributed by atoms with Crippen LogP contribution in [-0.2, 0) is 6.54 Å². The number of rotatable bonds is 4. The Balaban J connectivity index is 1.63. The Hall–Kier alpha value is -3.21. The number of hydrogen-bond donors (Lipinski definition) is 0. The fourth-order valence-corrected chi connectivity index (χ4v) is 4.79. The lowest BCUT2D eigenvalue weighted by atomic mass is 10.0. The molecule has 0 radical (unpaired) electrons. The van der Waals surface area contributed by atoms with Gasteiger partial charge in [0.15, 0.2) is 5.13 Å². The van der Waals surface area contributed by atoms with E-state index in [-0.39, 0.29) is 5.91 Å². The maximum atomic E-state index is 13.8. The summed E-state index contributed by atoms with van der Waals surface area (Å²) in [4.78, 5) is 20.3. The topological polar surface area (TPSA) is 33.2 Å². The van der Waals surface area contributed by atoms with Crippen LogP contribution in [0.25, 0.3) is 21.0 Å². The Bertz CT molecular complexity index is 1360. The van der Waals surface area contributed by atoms with Gasteiger partial charge in [0.1, 0.15) is 0 Å². The van der Waals surface area contributed by atoms with E-state index in [1.54, 1.807) is 4.90 Å². The number of hydrogen-bond acceptors (Lipinski definition) is 3. The highest BCUT2D eigenvalue weighted by Crippen LogP contribution is 2.33. The smallest absolute Gasteiger partial charge is 0.261 e. The van der Waals surface area contributed by atoms with Crippen LogP contribution in [0.4, 0.5) is 5.13 Å². The molecule has 146 valence electrons. The van der Waals surface area contributed by atoms with Gasteiger partial charge in [0.25, 0.3) is 5.91 Å². The number of anilines is 1. The quantitative estimate of drug-likeness (QED) is 0.310. The van der Waals surface area contributed by atoms with Crippen LogP contribution in [0.2, 0.25) is 5.02 Å². The van der Waals surface area contributed by atoms with Gasteiger partial charge in [-0.1, -0.05) is 89.7 Å². The molecule has 1 heterocycles. The Labute approximate surface area is 183 Å². The van der Waals surface area contributed by atoms with E-state index in [1.165, 1.54) is 11.3 Å². The molecule has 1 amide bonds. The highest BCUT2D eigenvalue weighted by Gasteiger charge is 2.23.